The van der Waals surface area contributed by atoms with E-state index in [1.54, 1.807) is 25.1 Å². The van der Waals surface area contributed by atoms with Gasteiger partial charge >= 0.3 is 0 Å². The van der Waals surface area contributed by atoms with Gasteiger partial charge in [0.05, 0.1) is 17.7 Å². The molecule has 23 heavy (non-hydrogen) atoms. The molecule has 2 aromatic rings. The Morgan fingerprint density at radius 2 is 2.17 bits per heavy atom. The molecule has 3 rings (SSSR count). The maximum Gasteiger partial charge on any atom is 0.274 e. The quantitative estimate of drug-likeness (QED) is 0.898. The number of amides is 1. The van der Waals surface area contributed by atoms with E-state index in [1.165, 1.54) is 6.20 Å². The fourth-order valence-electron chi connectivity index (χ4n) is 2.80. The molecule has 122 valence electrons. The van der Waals surface area contributed by atoms with Crippen LogP contribution in [0.1, 0.15) is 40.2 Å². The molecule has 1 N–H and O–H groups in total. The Hall–Kier alpha value is -2.35. The van der Waals surface area contributed by atoms with Crippen molar-refractivity contribution < 1.29 is 9.53 Å². The van der Waals surface area contributed by atoms with Crippen LogP contribution in [0.3, 0.4) is 0 Å². The molecular weight excluding hydrogens is 296 g/mol. The summed E-state index contributed by atoms with van der Waals surface area (Å²) in [5.41, 5.74) is 0.996. The van der Waals surface area contributed by atoms with Gasteiger partial charge in [0.15, 0.2) is 5.82 Å². The monoisotopic (exact) mass is 316 g/mol. The first kappa shape index (κ1) is 15.5. The van der Waals surface area contributed by atoms with E-state index in [1.807, 2.05) is 6.92 Å². The van der Waals surface area contributed by atoms with Crippen molar-refractivity contribution in [2.24, 2.45) is 0 Å². The number of hydrogen-bond donors (Lipinski definition) is 1. The average molecular weight is 316 g/mol. The van der Waals surface area contributed by atoms with Gasteiger partial charge in [-0.25, -0.2) is 9.97 Å². The number of aromatic amines is 1. The third-order valence-corrected chi connectivity index (χ3v) is 4.04. The normalized spacial score (nSPS) is 20.7. The van der Waals surface area contributed by atoms with Crippen LogP contribution in [0.4, 0.5) is 0 Å². The Kier molecular flexibility index (Phi) is 4.33. The van der Waals surface area contributed by atoms with Crippen LogP contribution in [0.5, 0.6) is 0 Å². The first-order valence-electron chi connectivity index (χ1n) is 7.60. The van der Waals surface area contributed by atoms with Crippen molar-refractivity contribution in [3.05, 3.63) is 35.4 Å². The number of nitrogens with zero attached hydrogens (tertiary/aromatic N) is 5. The van der Waals surface area contributed by atoms with E-state index in [-0.39, 0.29) is 17.9 Å². The van der Waals surface area contributed by atoms with Crippen molar-refractivity contribution in [1.29, 1.82) is 0 Å². The average Bonchev–Trinajstić information content (AvgIpc) is 3.15. The topological polar surface area (TPSA) is 96.9 Å². The summed E-state index contributed by atoms with van der Waals surface area (Å²) in [6.45, 7) is 4.76. The molecule has 0 spiro atoms. The summed E-state index contributed by atoms with van der Waals surface area (Å²) in [6.07, 6.45) is 3.84. The Balaban J connectivity index is 1.70. The van der Waals surface area contributed by atoms with Gasteiger partial charge in [0, 0.05) is 32.6 Å². The lowest BCUT2D eigenvalue weighted by Crippen LogP contribution is -2.37. The third-order valence-electron chi connectivity index (χ3n) is 4.04. The molecule has 1 aliphatic heterocycles. The number of H-pyrrole nitrogens is 1. The molecule has 0 unspecified atom stereocenters. The summed E-state index contributed by atoms with van der Waals surface area (Å²) in [5.74, 6) is 1.47. The van der Waals surface area contributed by atoms with Crippen molar-refractivity contribution >= 4 is 5.91 Å². The first-order valence-corrected chi connectivity index (χ1v) is 7.60. The van der Waals surface area contributed by atoms with Crippen LogP contribution >= 0.6 is 0 Å². The van der Waals surface area contributed by atoms with Crippen LogP contribution in [0, 0.1) is 13.8 Å². The van der Waals surface area contributed by atoms with E-state index in [2.05, 4.69) is 25.1 Å². The molecule has 0 saturated carbocycles. The highest BCUT2D eigenvalue weighted by atomic mass is 16.5. The van der Waals surface area contributed by atoms with Gasteiger partial charge in [-0.05, 0) is 20.3 Å². The Morgan fingerprint density at radius 3 is 2.87 bits per heavy atom. The lowest BCUT2D eigenvalue weighted by molar-refractivity contribution is 0.0545. The highest BCUT2D eigenvalue weighted by molar-refractivity contribution is 5.93. The van der Waals surface area contributed by atoms with Crippen molar-refractivity contribution in [3.63, 3.8) is 0 Å². The van der Waals surface area contributed by atoms with Gasteiger partial charge in [-0.1, -0.05) is 0 Å². The van der Waals surface area contributed by atoms with Gasteiger partial charge in [-0.15, -0.1) is 0 Å². The number of aromatic nitrogens is 5. The predicted octanol–water partition coefficient (Wildman–Crippen LogP) is 0.856. The second-order valence-electron chi connectivity index (χ2n) is 5.76. The van der Waals surface area contributed by atoms with Gasteiger partial charge in [0.25, 0.3) is 5.91 Å². The predicted molar refractivity (Wildman–Crippen MR) is 81.9 cm³/mol. The van der Waals surface area contributed by atoms with Crippen LogP contribution in [0.25, 0.3) is 0 Å². The first-order chi connectivity index (χ1) is 11.1. The number of carbonyl (C=O) groups is 1. The molecule has 3 heterocycles. The standard InChI is InChI=1S/C15H20N6O2/c1-9-13(17-6-5-16-9)15(22)21(3)8-12-11(4-7-23-12)14-18-10(2)19-20-14/h5-6,11-12H,4,7-8H2,1-3H3,(H,18,19,20)/t11-,12-/m1/s1. The van der Waals surface area contributed by atoms with E-state index < -0.39 is 0 Å². The zero-order valence-electron chi connectivity index (χ0n) is 13.5. The molecule has 0 aliphatic carbocycles. The van der Waals surface area contributed by atoms with E-state index in [0.717, 1.165) is 18.1 Å². The van der Waals surface area contributed by atoms with E-state index >= 15 is 0 Å². The molecule has 1 fully saturated rings. The molecule has 1 saturated heterocycles. The van der Waals surface area contributed by atoms with E-state index in [9.17, 15) is 4.79 Å². The minimum Gasteiger partial charge on any atom is -0.376 e. The number of hydrogen-bond acceptors (Lipinski definition) is 6. The summed E-state index contributed by atoms with van der Waals surface area (Å²) in [6, 6.07) is 0. The minimum atomic E-state index is -0.156. The Morgan fingerprint density at radius 1 is 1.39 bits per heavy atom. The largest absolute Gasteiger partial charge is 0.376 e. The highest BCUT2D eigenvalue weighted by Crippen LogP contribution is 2.29. The fourth-order valence-corrected chi connectivity index (χ4v) is 2.80. The lowest BCUT2D eigenvalue weighted by atomic mass is 10.0. The molecule has 8 nitrogen and oxygen atoms in total. The fraction of sp³-hybridized carbons (Fsp3) is 0.533. The summed E-state index contributed by atoms with van der Waals surface area (Å²) in [5, 5.41) is 7.09. The van der Waals surface area contributed by atoms with Crippen LogP contribution in [0.15, 0.2) is 12.4 Å². The maximum atomic E-state index is 12.5. The summed E-state index contributed by atoms with van der Waals surface area (Å²) >= 11 is 0. The lowest BCUT2D eigenvalue weighted by Gasteiger charge is -2.23. The van der Waals surface area contributed by atoms with Crippen LogP contribution in [-0.2, 0) is 4.74 Å². The Labute approximate surface area is 134 Å². The van der Waals surface area contributed by atoms with E-state index in [4.69, 9.17) is 4.74 Å². The SMILES string of the molecule is Cc1nc([C@@H]2CCO[C@@H]2CN(C)C(=O)c2nccnc2C)n[nH]1. The summed E-state index contributed by atoms with van der Waals surface area (Å²) < 4.78 is 5.79. The number of likely N-dealkylation sites (N-methyl/N-ethyl adjacent to an activating group) is 1. The second kappa shape index (κ2) is 6.41. The third kappa shape index (κ3) is 3.21. The molecule has 0 radical (unpaired) electrons. The second-order valence-corrected chi connectivity index (χ2v) is 5.76. The van der Waals surface area contributed by atoms with Crippen molar-refractivity contribution in [3.8, 4) is 0 Å². The zero-order valence-corrected chi connectivity index (χ0v) is 13.5. The van der Waals surface area contributed by atoms with Gasteiger partial charge < -0.3 is 9.64 Å². The number of carbonyl (C=O) groups excluding carboxylic acids is 1. The van der Waals surface area contributed by atoms with E-state index in [0.29, 0.717) is 24.5 Å². The number of ether oxygens (including phenoxy) is 1. The van der Waals surface area contributed by atoms with Crippen LogP contribution in [0.2, 0.25) is 0 Å². The molecule has 8 heteroatoms. The number of nitrogens with one attached hydrogen (secondary N) is 1. The van der Waals surface area contributed by atoms with Crippen molar-refractivity contribution in [1.82, 2.24) is 30.0 Å². The van der Waals surface area contributed by atoms with Crippen molar-refractivity contribution in [2.45, 2.75) is 32.3 Å². The molecular formula is C15H20N6O2. The number of aryl methyl sites for hydroxylation is 2. The van der Waals surface area contributed by atoms with Crippen LogP contribution < -0.4 is 0 Å². The molecule has 1 amide bonds. The van der Waals surface area contributed by atoms with Gasteiger partial charge in [-0.3, -0.25) is 14.9 Å². The van der Waals surface area contributed by atoms with Gasteiger partial charge in [0.1, 0.15) is 11.5 Å². The maximum absolute atomic E-state index is 12.5. The molecule has 0 aromatic carbocycles. The molecule has 2 aromatic heterocycles. The zero-order chi connectivity index (χ0) is 16.4. The van der Waals surface area contributed by atoms with Gasteiger partial charge in [0.2, 0.25) is 0 Å². The van der Waals surface area contributed by atoms with Crippen molar-refractivity contribution in [2.75, 3.05) is 20.2 Å². The number of rotatable bonds is 4. The van der Waals surface area contributed by atoms with Gasteiger partial charge in [-0.2, -0.15) is 5.10 Å². The Bertz CT molecular complexity index is 701. The molecule has 2 atom stereocenters. The highest BCUT2D eigenvalue weighted by Gasteiger charge is 2.34. The smallest absolute Gasteiger partial charge is 0.274 e. The summed E-state index contributed by atoms with van der Waals surface area (Å²) in [7, 11) is 1.75. The van der Waals surface area contributed by atoms with Crippen LogP contribution in [-0.4, -0.2) is 62.3 Å². The minimum absolute atomic E-state index is 0.0955. The molecule has 1 aliphatic rings. The summed E-state index contributed by atoms with van der Waals surface area (Å²) in [4.78, 5) is 26.8. The molecule has 0 bridgehead atoms.